The van der Waals surface area contributed by atoms with Crippen LogP contribution in [0.3, 0.4) is 0 Å². The van der Waals surface area contributed by atoms with Crippen molar-refractivity contribution < 1.29 is 4.92 Å². The predicted molar refractivity (Wildman–Crippen MR) is 67.4 cm³/mol. The van der Waals surface area contributed by atoms with Crippen LogP contribution in [0.2, 0.25) is 0 Å². The normalized spacial score (nSPS) is 10.9. The number of para-hydroxylation sites is 1. The first-order valence-electron chi connectivity index (χ1n) is 5.21. The summed E-state index contributed by atoms with van der Waals surface area (Å²) in [6.07, 6.45) is 5.55. The Morgan fingerprint density at radius 1 is 1.18 bits per heavy atom. The van der Waals surface area contributed by atoms with Crippen LogP contribution in [-0.4, -0.2) is 9.49 Å². The molecule has 0 radical (unpaired) electrons. The molecular formula is C13H12N2O2. The van der Waals surface area contributed by atoms with Crippen LogP contribution in [0.5, 0.6) is 0 Å². The number of nitrogens with zero attached hydrogens (tertiary/aromatic N) is 2. The van der Waals surface area contributed by atoms with Crippen molar-refractivity contribution >= 4 is 17.8 Å². The molecule has 0 unspecified atom stereocenters. The maximum atomic E-state index is 10.8. The van der Waals surface area contributed by atoms with Crippen LogP contribution in [0.25, 0.3) is 12.2 Å². The first-order valence-corrected chi connectivity index (χ1v) is 5.21. The fraction of sp³-hybridized carbons (Fsp3) is 0.0769. The number of hydrogen-bond donors (Lipinski definition) is 0. The van der Waals surface area contributed by atoms with E-state index in [0.29, 0.717) is 5.56 Å². The van der Waals surface area contributed by atoms with E-state index in [1.807, 2.05) is 36.0 Å². The van der Waals surface area contributed by atoms with Gasteiger partial charge in [0, 0.05) is 25.0 Å². The number of benzene rings is 1. The van der Waals surface area contributed by atoms with Crippen molar-refractivity contribution in [2.45, 2.75) is 0 Å². The summed E-state index contributed by atoms with van der Waals surface area (Å²) in [7, 11) is 1.93. The molecule has 0 spiro atoms. The second kappa shape index (κ2) is 4.65. The van der Waals surface area contributed by atoms with Crippen molar-refractivity contribution in [2.75, 3.05) is 0 Å². The molecule has 0 aliphatic rings. The Labute approximate surface area is 99.0 Å². The summed E-state index contributed by atoms with van der Waals surface area (Å²) in [4.78, 5) is 10.4. The van der Waals surface area contributed by atoms with Crippen molar-refractivity contribution in [3.8, 4) is 0 Å². The molecule has 0 saturated carbocycles. The van der Waals surface area contributed by atoms with Gasteiger partial charge in [-0.1, -0.05) is 12.1 Å². The van der Waals surface area contributed by atoms with E-state index in [-0.39, 0.29) is 10.6 Å². The first-order chi connectivity index (χ1) is 8.18. The van der Waals surface area contributed by atoms with Crippen LogP contribution in [0, 0.1) is 10.1 Å². The van der Waals surface area contributed by atoms with E-state index in [9.17, 15) is 10.1 Å². The highest BCUT2D eigenvalue weighted by Crippen LogP contribution is 2.20. The molecule has 0 atom stereocenters. The second-order valence-electron chi connectivity index (χ2n) is 3.69. The number of rotatable bonds is 3. The lowest BCUT2D eigenvalue weighted by Crippen LogP contribution is -1.91. The molecule has 0 N–H and O–H groups in total. The summed E-state index contributed by atoms with van der Waals surface area (Å²) in [6, 6.07) is 10.6. The minimum atomic E-state index is -0.370. The topological polar surface area (TPSA) is 48.1 Å². The Morgan fingerprint density at radius 3 is 2.59 bits per heavy atom. The van der Waals surface area contributed by atoms with E-state index in [1.54, 1.807) is 24.3 Å². The summed E-state index contributed by atoms with van der Waals surface area (Å²) in [5.74, 6) is 0. The van der Waals surface area contributed by atoms with E-state index in [1.165, 1.54) is 6.07 Å². The van der Waals surface area contributed by atoms with E-state index >= 15 is 0 Å². The fourth-order valence-corrected chi connectivity index (χ4v) is 1.62. The molecule has 0 amide bonds. The number of aromatic nitrogens is 1. The maximum absolute atomic E-state index is 10.8. The zero-order chi connectivity index (χ0) is 12.3. The van der Waals surface area contributed by atoms with Crippen LogP contribution < -0.4 is 0 Å². The fourth-order valence-electron chi connectivity index (χ4n) is 1.62. The van der Waals surface area contributed by atoms with Crippen molar-refractivity contribution in [2.24, 2.45) is 7.05 Å². The van der Waals surface area contributed by atoms with E-state index in [0.717, 1.165) is 5.69 Å². The molecule has 4 heteroatoms. The van der Waals surface area contributed by atoms with E-state index in [4.69, 9.17) is 0 Å². The monoisotopic (exact) mass is 228 g/mol. The van der Waals surface area contributed by atoms with Gasteiger partial charge < -0.3 is 4.57 Å². The van der Waals surface area contributed by atoms with Crippen molar-refractivity contribution in [3.63, 3.8) is 0 Å². The lowest BCUT2D eigenvalue weighted by atomic mass is 10.1. The zero-order valence-electron chi connectivity index (χ0n) is 9.41. The number of aryl methyl sites for hydroxylation is 1. The van der Waals surface area contributed by atoms with Gasteiger partial charge in [-0.05, 0) is 30.4 Å². The molecule has 17 heavy (non-hydrogen) atoms. The SMILES string of the molecule is Cn1cccc1C=Cc1ccccc1[N+](=O)[O-]. The quantitative estimate of drug-likeness (QED) is 0.598. The van der Waals surface area contributed by atoms with Gasteiger partial charge in [-0.15, -0.1) is 0 Å². The van der Waals surface area contributed by atoms with Gasteiger partial charge in [0.2, 0.25) is 0 Å². The first kappa shape index (κ1) is 11.1. The van der Waals surface area contributed by atoms with Crippen LogP contribution in [0.1, 0.15) is 11.3 Å². The maximum Gasteiger partial charge on any atom is 0.276 e. The van der Waals surface area contributed by atoms with Crippen LogP contribution in [0.4, 0.5) is 5.69 Å². The van der Waals surface area contributed by atoms with Gasteiger partial charge in [-0.2, -0.15) is 0 Å². The third-order valence-corrected chi connectivity index (χ3v) is 2.55. The minimum absolute atomic E-state index is 0.123. The smallest absolute Gasteiger partial charge is 0.276 e. The Balaban J connectivity index is 2.33. The Hall–Kier alpha value is -2.36. The zero-order valence-corrected chi connectivity index (χ0v) is 9.41. The Morgan fingerprint density at radius 2 is 1.94 bits per heavy atom. The molecule has 0 saturated heterocycles. The number of nitro benzene ring substituents is 1. The van der Waals surface area contributed by atoms with Crippen molar-refractivity contribution in [3.05, 3.63) is 64.0 Å². The summed E-state index contributed by atoms with van der Waals surface area (Å²) < 4.78 is 1.95. The summed E-state index contributed by atoms with van der Waals surface area (Å²) in [6.45, 7) is 0. The van der Waals surface area contributed by atoms with Gasteiger partial charge in [-0.3, -0.25) is 10.1 Å². The van der Waals surface area contributed by atoms with Gasteiger partial charge in [0.25, 0.3) is 5.69 Å². The standard InChI is InChI=1S/C13H12N2O2/c1-14-10-4-6-12(14)9-8-11-5-2-3-7-13(11)15(16)17/h2-10H,1H3. The molecule has 0 aliphatic carbocycles. The predicted octanol–water partition coefficient (Wildman–Crippen LogP) is 3.10. The average molecular weight is 228 g/mol. The average Bonchev–Trinajstić information content (AvgIpc) is 2.72. The number of hydrogen-bond acceptors (Lipinski definition) is 2. The van der Waals surface area contributed by atoms with Gasteiger partial charge in [0.15, 0.2) is 0 Å². The van der Waals surface area contributed by atoms with E-state index < -0.39 is 0 Å². The molecular weight excluding hydrogens is 216 g/mol. The van der Waals surface area contributed by atoms with Gasteiger partial charge in [0.1, 0.15) is 0 Å². The van der Waals surface area contributed by atoms with Gasteiger partial charge >= 0.3 is 0 Å². The molecule has 86 valence electrons. The molecule has 1 aromatic heterocycles. The molecule has 1 aromatic carbocycles. The summed E-state index contributed by atoms with van der Waals surface area (Å²) in [5, 5.41) is 10.8. The van der Waals surface area contributed by atoms with E-state index in [2.05, 4.69) is 0 Å². The largest absolute Gasteiger partial charge is 0.351 e. The molecule has 0 bridgehead atoms. The Bertz CT molecular complexity index is 570. The van der Waals surface area contributed by atoms with Crippen molar-refractivity contribution in [1.29, 1.82) is 0 Å². The third-order valence-electron chi connectivity index (χ3n) is 2.55. The Kier molecular flexibility index (Phi) is 3.05. The van der Waals surface area contributed by atoms with Gasteiger partial charge in [0.05, 0.1) is 10.5 Å². The summed E-state index contributed by atoms with van der Waals surface area (Å²) in [5.41, 5.74) is 1.74. The molecule has 0 fully saturated rings. The lowest BCUT2D eigenvalue weighted by Gasteiger charge is -1.98. The molecule has 1 heterocycles. The minimum Gasteiger partial charge on any atom is -0.351 e. The van der Waals surface area contributed by atoms with Crippen LogP contribution in [0.15, 0.2) is 42.6 Å². The lowest BCUT2D eigenvalue weighted by molar-refractivity contribution is -0.385. The molecule has 2 aromatic rings. The number of nitro groups is 1. The third kappa shape index (κ3) is 2.42. The van der Waals surface area contributed by atoms with Crippen molar-refractivity contribution in [1.82, 2.24) is 4.57 Å². The van der Waals surface area contributed by atoms with Crippen LogP contribution >= 0.6 is 0 Å². The molecule has 4 nitrogen and oxygen atoms in total. The van der Waals surface area contributed by atoms with Gasteiger partial charge in [-0.25, -0.2) is 0 Å². The second-order valence-corrected chi connectivity index (χ2v) is 3.69. The highest BCUT2D eigenvalue weighted by Gasteiger charge is 2.09. The highest BCUT2D eigenvalue weighted by atomic mass is 16.6. The van der Waals surface area contributed by atoms with Crippen LogP contribution in [-0.2, 0) is 7.05 Å². The molecule has 0 aliphatic heterocycles. The summed E-state index contributed by atoms with van der Waals surface area (Å²) >= 11 is 0. The highest BCUT2D eigenvalue weighted by molar-refractivity contribution is 5.73. The molecule has 2 rings (SSSR count).